The Labute approximate surface area is 215 Å². The molecular weight excluding hydrogens is 477 g/mol. The van der Waals surface area contributed by atoms with Crippen molar-refractivity contribution in [2.75, 3.05) is 33.4 Å². The molecule has 8 nitrogen and oxygen atoms in total. The maximum Gasteiger partial charge on any atom is 0.276 e. The molecule has 0 N–H and O–H groups in total. The van der Waals surface area contributed by atoms with Crippen molar-refractivity contribution in [1.82, 2.24) is 15.0 Å². The first-order valence-electron chi connectivity index (χ1n) is 12.4. The Morgan fingerprint density at radius 1 is 1.16 bits per heavy atom. The van der Waals surface area contributed by atoms with E-state index < -0.39 is 5.60 Å². The van der Waals surface area contributed by atoms with Crippen LogP contribution in [0.15, 0.2) is 65.2 Å². The van der Waals surface area contributed by atoms with Gasteiger partial charge < -0.3 is 23.8 Å². The zero-order valence-electron chi connectivity index (χ0n) is 21.2. The molecule has 1 saturated heterocycles. The Balaban J connectivity index is 1.51. The third kappa shape index (κ3) is 6.95. The average molecular weight is 510 g/mol. The molecule has 0 bridgehead atoms. The summed E-state index contributed by atoms with van der Waals surface area (Å²) in [5, 5.41) is 3.95. The van der Waals surface area contributed by atoms with Crippen molar-refractivity contribution in [1.29, 1.82) is 0 Å². The molecule has 1 aliphatic rings. The molecule has 2 amide bonds. The van der Waals surface area contributed by atoms with Gasteiger partial charge in [0.1, 0.15) is 29.5 Å². The molecule has 196 valence electrons. The summed E-state index contributed by atoms with van der Waals surface area (Å²) < 4.78 is 30.7. The van der Waals surface area contributed by atoms with Gasteiger partial charge in [-0.05, 0) is 36.2 Å². The van der Waals surface area contributed by atoms with Crippen LogP contribution in [0.5, 0.6) is 5.75 Å². The van der Waals surface area contributed by atoms with E-state index in [9.17, 15) is 14.0 Å². The first kappa shape index (κ1) is 26.3. The van der Waals surface area contributed by atoms with E-state index in [0.717, 1.165) is 12.0 Å². The number of benzene rings is 2. The first-order chi connectivity index (χ1) is 17.9. The molecule has 9 heteroatoms. The van der Waals surface area contributed by atoms with Crippen LogP contribution in [0.3, 0.4) is 0 Å². The molecule has 4 rings (SSSR count). The monoisotopic (exact) mass is 509 g/mol. The fraction of sp³-hybridized carbons (Fsp3) is 0.393. The number of carbonyl (C=O) groups is 2. The van der Waals surface area contributed by atoms with Gasteiger partial charge in [0, 0.05) is 32.6 Å². The van der Waals surface area contributed by atoms with Crippen LogP contribution >= 0.6 is 0 Å². The van der Waals surface area contributed by atoms with E-state index in [1.807, 2.05) is 37.3 Å². The summed E-state index contributed by atoms with van der Waals surface area (Å²) in [5.74, 6) is 0.292. The maximum absolute atomic E-state index is 13.4. The molecule has 0 unspecified atom stereocenters. The lowest BCUT2D eigenvalue weighted by Crippen LogP contribution is -2.58. The van der Waals surface area contributed by atoms with Gasteiger partial charge in [-0.2, -0.15) is 0 Å². The van der Waals surface area contributed by atoms with Crippen LogP contribution in [-0.2, 0) is 22.5 Å². The van der Waals surface area contributed by atoms with Gasteiger partial charge in [-0.3, -0.25) is 9.59 Å². The number of rotatable bonds is 10. The zero-order chi connectivity index (χ0) is 26.3. The number of aromatic nitrogens is 1. The van der Waals surface area contributed by atoms with Crippen molar-refractivity contribution in [2.45, 2.75) is 38.3 Å². The molecule has 3 aromatic rings. The third-order valence-electron chi connectivity index (χ3n) is 6.29. The van der Waals surface area contributed by atoms with Gasteiger partial charge in [0.05, 0.1) is 19.6 Å². The van der Waals surface area contributed by atoms with E-state index in [4.69, 9.17) is 14.0 Å². The number of halogens is 1. The van der Waals surface area contributed by atoms with Crippen LogP contribution in [0.4, 0.5) is 4.39 Å². The van der Waals surface area contributed by atoms with Crippen molar-refractivity contribution in [3.63, 3.8) is 0 Å². The zero-order valence-corrected chi connectivity index (χ0v) is 21.2. The van der Waals surface area contributed by atoms with Gasteiger partial charge in [0.2, 0.25) is 5.91 Å². The lowest BCUT2D eigenvalue weighted by Gasteiger charge is -2.42. The summed E-state index contributed by atoms with van der Waals surface area (Å²) in [6.45, 7) is 3.18. The number of nitrogens with zero attached hydrogens (tertiary/aromatic N) is 3. The molecular formula is C28H32FN3O5. The molecule has 0 saturated carbocycles. The number of morpholine rings is 1. The molecule has 0 aliphatic carbocycles. The molecule has 0 radical (unpaired) electrons. The molecule has 1 aliphatic heterocycles. The van der Waals surface area contributed by atoms with E-state index >= 15 is 0 Å². The summed E-state index contributed by atoms with van der Waals surface area (Å²) in [5.41, 5.74) is 0.136. The number of carbonyl (C=O) groups excluding carboxylic acids is 2. The minimum absolute atomic E-state index is 0.00120. The van der Waals surface area contributed by atoms with E-state index in [2.05, 4.69) is 5.16 Å². The SMILES string of the molecule is CCCc1cc(C(=O)N2CCO[C@](COc3ccc(F)cc3)(CC(=O)N(C)Cc3ccccc3)C2)no1. The van der Waals surface area contributed by atoms with Crippen LogP contribution in [0, 0.1) is 5.82 Å². The van der Waals surface area contributed by atoms with Crippen molar-refractivity contribution in [3.8, 4) is 5.75 Å². The highest BCUT2D eigenvalue weighted by atomic mass is 19.1. The number of ether oxygens (including phenoxy) is 2. The van der Waals surface area contributed by atoms with Crippen molar-refractivity contribution in [3.05, 3.63) is 83.5 Å². The maximum atomic E-state index is 13.4. The van der Waals surface area contributed by atoms with Crippen LogP contribution in [0.25, 0.3) is 0 Å². The highest BCUT2D eigenvalue weighted by Gasteiger charge is 2.42. The number of hydrogen-bond donors (Lipinski definition) is 0. The molecule has 2 heterocycles. The van der Waals surface area contributed by atoms with Gasteiger partial charge in [-0.25, -0.2) is 4.39 Å². The van der Waals surface area contributed by atoms with Gasteiger partial charge in [-0.15, -0.1) is 0 Å². The minimum atomic E-state index is -1.10. The summed E-state index contributed by atoms with van der Waals surface area (Å²) >= 11 is 0. The Hall–Kier alpha value is -3.72. The molecule has 2 aromatic carbocycles. The van der Waals surface area contributed by atoms with Crippen molar-refractivity contribution < 1.29 is 28.0 Å². The van der Waals surface area contributed by atoms with Crippen LogP contribution in [0.2, 0.25) is 0 Å². The summed E-state index contributed by atoms with van der Waals surface area (Å²) in [6, 6.07) is 17.0. The fourth-order valence-electron chi connectivity index (χ4n) is 4.31. The number of hydrogen-bond acceptors (Lipinski definition) is 6. The Bertz CT molecular complexity index is 1180. The smallest absolute Gasteiger partial charge is 0.276 e. The van der Waals surface area contributed by atoms with Crippen molar-refractivity contribution >= 4 is 11.8 Å². The van der Waals surface area contributed by atoms with E-state index in [1.54, 1.807) is 22.9 Å². The van der Waals surface area contributed by atoms with Crippen molar-refractivity contribution in [2.24, 2.45) is 0 Å². The predicted molar refractivity (Wildman–Crippen MR) is 135 cm³/mol. The minimum Gasteiger partial charge on any atom is -0.490 e. The normalized spacial score (nSPS) is 17.4. The fourth-order valence-corrected chi connectivity index (χ4v) is 4.31. The van der Waals surface area contributed by atoms with E-state index in [1.165, 1.54) is 24.3 Å². The Morgan fingerprint density at radius 3 is 2.65 bits per heavy atom. The second-order valence-corrected chi connectivity index (χ2v) is 9.34. The molecule has 0 spiro atoms. The largest absolute Gasteiger partial charge is 0.490 e. The van der Waals surface area contributed by atoms with Crippen LogP contribution in [-0.4, -0.2) is 65.7 Å². The average Bonchev–Trinajstić information content (AvgIpc) is 3.37. The van der Waals surface area contributed by atoms with Gasteiger partial charge in [-0.1, -0.05) is 42.4 Å². The molecule has 1 aromatic heterocycles. The quantitative estimate of drug-likeness (QED) is 0.409. The number of aryl methyl sites for hydroxylation is 1. The van der Waals surface area contributed by atoms with Gasteiger partial charge in [0.25, 0.3) is 5.91 Å². The molecule has 37 heavy (non-hydrogen) atoms. The lowest BCUT2D eigenvalue weighted by molar-refractivity contribution is -0.152. The predicted octanol–water partition coefficient (Wildman–Crippen LogP) is 4.11. The van der Waals surface area contributed by atoms with E-state index in [0.29, 0.717) is 31.0 Å². The second kappa shape index (κ2) is 12.0. The molecule has 1 atom stereocenters. The number of amides is 2. The highest BCUT2D eigenvalue weighted by Crippen LogP contribution is 2.27. The summed E-state index contributed by atoms with van der Waals surface area (Å²) in [6.07, 6.45) is 1.57. The first-order valence-corrected chi connectivity index (χ1v) is 12.4. The van der Waals surface area contributed by atoms with Gasteiger partial charge >= 0.3 is 0 Å². The second-order valence-electron chi connectivity index (χ2n) is 9.34. The third-order valence-corrected chi connectivity index (χ3v) is 6.29. The lowest BCUT2D eigenvalue weighted by atomic mass is 9.96. The summed E-state index contributed by atoms with van der Waals surface area (Å²) in [4.78, 5) is 29.8. The van der Waals surface area contributed by atoms with Gasteiger partial charge in [0.15, 0.2) is 5.69 Å². The topological polar surface area (TPSA) is 85.1 Å². The Kier molecular flexibility index (Phi) is 8.55. The summed E-state index contributed by atoms with van der Waals surface area (Å²) in [7, 11) is 1.74. The van der Waals surface area contributed by atoms with Crippen LogP contribution < -0.4 is 4.74 Å². The van der Waals surface area contributed by atoms with Crippen LogP contribution in [0.1, 0.15) is 41.6 Å². The Morgan fingerprint density at radius 2 is 1.92 bits per heavy atom. The highest BCUT2D eigenvalue weighted by molar-refractivity contribution is 5.92. The van der Waals surface area contributed by atoms with E-state index in [-0.39, 0.29) is 49.5 Å². The standard InChI is InChI=1S/C28H32FN3O5/c1-3-7-24-16-25(30-37-24)27(34)32-14-15-36-28(19-32,20-35-23-12-10-22(29)11-13-23)17-26(33)31(2)18-21-8-5-4-6-9-21/h4-6,8-13,16H,3,7,14-15,17-20H2,1-2H3/t28-/m1/s1. The molecule has 1 fully saturated rings.